The monoisotopic (exact) mass is 274 g/mol. The van der Waals surface area contributed by atoms with Gasteiger partial charge in [0, 0.05) is 13.1 Å². The number of hydrogen-bond donors (Lipinski definition) is 1. The molecule has 4 nitrogen and oxygen atoms in total. The highest BCUT2D eigenvalue weighted by Gasteiger charge is 2.32. The lowest BCUT2D eigenvalue weighted by Gasteiger charge is -2.24. The van der Waals surface area contributed by atoms with E-state index in [4.69, 9.17) is 0 Å². The molecule has 0 spiro atoms. The Bertz CT molecular complexity index is 350. The molecule has 0 aromatic heterocycles. The molecule has 5 heteroatoms. The highest BCUT2D eigenvalue weighted by Crippen LogP contribution is 2.27. The summed E-state index contributed by atoms with van der Waals surface area (Å²) >= 11 is 0. The van der Waals surface area contributed by atoms with Crippen LogP contribution in [0.3, 0.4) is 0 Å². The molecule has 2 rings (SSSR count). The Balaban J connectivity index is 1.86. The van der Waals surface area contributed by atoms with Gasteiger partial charge in [-0.25, -0.2) is 12.7 Å². The van der Waals surface area contributed by atoms with Crippen molar-refractivity contribution in [2.75, 3.05) is 32.4 Å². The van der Waals surface area contributed by atoms with Crippen molar-refractivity contribution in [3.8, 4) is 0 Å². The van der Waals surface area contributed by atoms with E-state index in [1.54, 1.807) is 4.31 Å². The van der Waals surface area contributed by atoms with Gasteiger partial charge in [0.1, 0.15) is 0 Å². The molecule has 1 aliphatic carbocycles. The van der Waals surface area contributed by atoms with Gasteiger partial charge in [-0.05, 0) is 44.7 Å². The average molecular weight is 274 g/mol. The van der Waals surface area contributed by atoms with E-state index in [0.29, 0.717) is 17.6 Å². The fourth-order valence-corrected chi connectivity index (χ4v) is 5.22. The van der Waals surface area contributed by atoms with E-state index in [1.807, 2.05) is 7.05 Å². The van der Waals surface area contributed by atoms with Gasteiger partial charge in [-0.3, -0.25) is 0 Å². The number of hydrogen-bond acceptors (Lipinski definition) is 3. The Morgan fingerprint density at radius 3 is 2.50 bits per heavy atom. The van der Waals surface area contributed by atoms with Crippen LogP contribution in [0.15, 0.2) is 0 Å². The minimum Gasteiger partial charge on any atom is -0.319 e. The van der Waals surface area contributed by atoms with Gasteiger partial charge in [-0.15, -0.1) is 0 Å². The van der Waals surface area contributed by atoms with Gasteiger partial charge in [0.15, 0.2) is 0 Å². The Morgan fingerprint density at radius 1 is 1.11 bits per heavy atom. The summed E-state index contributed by atoms with van der Waals surface area (Å²) in [5, 5.41) is 3.14. The lowest BCUT2D eigenvalue weighted by atomic mass is 9.91. The molecule has 1 atom stereocenters. The molecular formula is C13H26N2O2S. The van der Waals surface area contributed by atoms with Gasteiger partial charge >= 0.3 is 0 Å². The molecule has 0 radical (unpaired) electrons. The normalized spacial score (nSPS) is 27.7. The maximum Gasteiger partial charge on any atom is 0.214 e. The van der Waals surface area contributed by atoms with Crippen LogP contribution < -0.4 is 5.32 Å². The second kappa shape index (κ2) is 6.35. The summed E-state index contributed by atoms with van der Waals surface area (Å²) in [5.41, 5.74) is 0. The third-order valence-electron chi connectivity index (χ3n) is 4.31. The summed E-state index contributed by atoms with van der Waals surface area (Å²) in [7, 11) is -1.08. The molecule has 18 heavy (non-hydrogen) atoms. The van der Waals surface area contributed by atoms with Crippen LogP contribution in [0.1, 0.15) is 38.5 Å². The SMILES string of the molecule is CNCC1CCN(S(=O)(=O)CC2CCCCC2)C1. The van der Waals surface area contributed by atoms with Crippen molar-refractivity contribution >= 4 is 10.0 Å². The first-order chi connectivity index (χ1) is 8.62. The standard InChI is InChI=1S/C13H26N2O2S/c1-14-9-13-7-8-15(10-13)18(16,17)11-12-5-3-2-4-6-12/h12-14H,2-11H2,1H3. The molecule has 0 amide bonds. The second-order valence-corrected chi connectivity index (χ2v) is 7.87. The number of nitrogens with one attached hydrogen (secondary N) is 1. The zero-order valence-electron chi connectivity index (χ0n) is 11.4. The van der Waals surface area contributed by atoms with Gasteiger partial charge in [0.25, 0.3) is 0 Å². The fraction of sp³-hybridized carbons (Fsp3) is 1.00. The molecule has 0 aromatic carbocycles. The number of rotatable bonds is 5. The smallest absolute Gasteiger partial charge is 0.214 e. The molecule has 1 N–H and O–H groups in total. The summed E-state index contributed by atoms with van der Waals surface area (Å²) in [6.45, 7) is 2.37. The topological polar surface area (TPSA) is 49.4 Å². The van der Waals surface area contributed by atoms with Gasteiger partial charge < -0.3 is 5.32 Å². The lowest BCUT2D eigenvalue weighted by molar-refractivity contribution is 0.374. The van der Waals surface area contributed by atoms with Crippen LogP contribution in [0, 0.1) is 11.8 Å². The molecule has 1 unspecified atom stereocenters. The van der Waals surface area contributed by atoms with Gasteiger partial charge in [-0.1, -0.05) is 19.3 Å². The summed E-state index contributed by atoms with van der Waals surface area (Å²) in [5.74, 6) is 1.29. The highest BCUT2D eigenvalue weighted by molar-refractivity contribution is 7.89. The third-order valence-corrected chi connectivity index (χ3v) is 6.32. The van der Waals surface area contributed by atoms with Crippen molar-refractivity contribution in [3.05, 3.63) is 0 Å². The van der Waals surface area contributed by atoms with Crippen LogP contribution in [0.2, 0.25) is 0 Å². The zero-order valence-corrected chi connectivity index (χ0v) is 12.2. The minimum atomic E-state index is -3.01. The van der Waals surface area contributed by atoms with Crippen molar-refractivity contribution < 1.29 is 8.42 Å². The number of sulfonamides is 1. The van der Waals surface area contributed by atoms with E-state index in [2.05, 4.69) is 5.32 Å². The van der Waals surface area contributed by atoms with E-state index in [-0.39, 0.29) is 0 Å². The van der Waals surface area contributed by atoms with Crippen molar-refractivity contribution in [2.45, 2.75) is 38.5 Å². The fourth-order valence-electron chi connectivity index (χ4n) is 3.26. The molecule has 2 aliphatic rings. The molecule has 0 bridgehead atoms. The van der Waals surface area contributed by atoms with Crippen molar-refractivity contribution in [3.63, 3.8) is 0 Å². The average Bonchev–Trinajstić information content (AvgIpc) is 2.80. The molecule has 1 heterocycles. The largest absolute Gasteiger partial charge is 0.319 e. The molecule has 0 aromatic rings. The molecule has 106 valence electrons. The zero-order chi connectivity index (χ0) is 13.0. The molecule has 1 saturated heterocycles. The Hall–Kier alpha value is -0.130. The van der Waals surface area contributed by atoms with Gasteiger partial charge in [0.05, 0.1) is 5.75 Å². The van der Waals surface area contributed by atoms with E-state index in [1.165, 1.54) is 19.3 Å². The van der Waals surface area contributed by atoms with Crippen LogP contribution in [0.5, 0.6) is 0 Å². The maximum atomic E-state index is 12.4. The predicted octanol–water partition coefficient (Wildman–Crippen LogP) is 1.44. The van der Waals surface area contributed by atoms with Crippen molar-refractivity contribution in [2.24, 2.45) is 11.8 Å². The van der Waals surface area contributed by atoms with Crippen LogP contribution in [-0.4, -0.2) is 45.2 Å². The number of nitrogens with zero attached hydrogens (tertiary/aromatic N) is 1. The summed E-state index contributed by atoms with van der Waals surface area (Å²) in [4.78, 5) is 0. The summed E-state index contributed by atoms with van der Waals surface area (Å²) in [6.07, 6.45) is 6.92. The maximum absolute atomic E-state index is 12.4. The summed E-state index contributed by atoms with van der Waals surface area (Å²) in [6, 6.07) is 0. The minimum absolute atomic E-state index is 0.388. The van der Waals surface area contributed by atoms with Crippen LogP contribution in [0.4, 0.5) is 0 Å². The molecule has 1 saturated carbocycles. The predicted molar refractivity (Wildman–Crippen MR) is 74.0 cm³/mol. The van der Waals surface area contributed by atoms with Crippen LogP contribution >= 0.6 is 0 Å². The molecular weight excluding hydrogens is 248 g/mol. The quantitative estimate of drug-likeness (QED) is 0.825. The van der Waals surface area contributed by atoms with E-state index >= 15 is 0 Å². The van der Waals surface area contributed by atoms with Crippen LogP contribution in [-0.2, 0) is 10.0 Å². The van der Waals surface area contributed by atoms with E-state index < -0.39 is 10.0 Å². The summed E-state index contributed by atoms with van der Waals surface area (Å²) < 4.78 is 26.4. The van der Waals surface area contributed by atoms with E-state index in [0.717, 1.165) is 38.9 Å². The molecule has 1 aliphatic heterocycles. The van der Waals surface area contributed by atoms with Crippen LogP contribution in [0.25, 0.3) is 0 Å². The first kappa shape index (κ1) is 14.3. The highest BCUT2D eigenvalue weighted by atomic mass is 32.2. The van der Waals surface area contributed by atoms with E-state index in [9.17, 15) is 8.42 Å². The third kappa shape index (κ3) is 3.68. The first-order valence-electron chi connectivity index (χ1n) is 7.24. The Labute approximate surface area is 111 Å². The lowest BCUT2D eigenvalue weighted by Crippen LogP contribution is -2.35. The van der Waals surface area contributed by atoms with Crippen molar-refractivity contribution in [1.82, 2.24) is 9.62 Å². The molecule has 2 fully saturated rings. The van der Waals surface area contributed by atoms with Crippen molar-refractivity contribution in [1.29, 1.82) is 0 Å². The van der Waals surface area contributed by atoms with Gasteiger partial charge in [0.2, 0.25) is 10.0 Å². The Kier molecular flexibility index (Phi) is 5.04. The second-order valence-electron chi connectivity index (χ2n) is 5.85. The first-order valence-corrected chi connectivity index (χ1v) is 8.85. The van der Waals surface area contributed by atoms with Gasteiger partial charge in [-0.2, -0.15) is 0 Å². The Morgan fingerprint density at radius 2 is 1.83 bits per heavy atom.